The van der Waals surface area contributed by atoms with Gasteiger partial charge in [0.2, 0.25) is 0 Å². The van der Waals surface area contributed by atoms with Crippen LogP contribution in [0, 0.1) is 0 Å². The van der Waals surface area contributed by atoms with Gasteiger partial charge in [0.25, 0.3) is 5.91 Å². The first-order valence-electron chi connectivity index (χ1n) is 8.08. The van der Waals surface area contributed by atoms with Crippen LogP contribution in [-0.4, -0.2) is 37.8 Å². The van der Waals surface area contributed by atoms with Gasteiger partial charge in [-0.05, 0) is 47.0 Å². The van der Waals surface area contributed by atoms with Crippen LogP contribution in [0.4, 0.5) is 0 Å². The molecule has 3 aromatic rings. The highest BCUT2D eigenvalue weighted by Gasteiger charge is 2.16. The molecular weight excluding hydrogens is 318 g/mol. The van der Waals surface area contributed by atoms with Crippen molar-refractivity contribution in [1.29, 1.82) is 0 Å². The summed E-state index contributed by atoms with van der Waals surface area (Å²) in [6.07, 6.45) is 2.76. The molecule has 1 amide bonds. The summed E-state index contributed by atoms with van der Waals surface area (Å²) in [5.41, 5.74) is 2.25. The maximum atomic E-state index is 12.7. The summed E-state index contributed by atoms with van der Waals surface area (Å²) in [6, 6.07) is 16.7. The fraction of sp³-hybridized carbons (Fsp3) is 0.222. The van der Waals surface area contributed by atoms with E-state index in [1.54, 1.807) is 18.2 Å². The van der Waals surface area contributed by atoms with Crippen molar-refractivity contribution in [3.8, 4) is 5.69 Å². The fourth-order valence-electron chi connectivity index (χ4n) is 2.61. The van der Waals surface area contributed by atoms with Gasteiger partial charge in [0.15, 0.2) is 0 Å². The molecule has 3 rings (SSSR count). The number of aliphatic hydroxyl groups excluding tert-OH is 1. The summed E-state index contributed by atoms with van der Waals surface area (Å²) in [7, 11) is 0. The number of nitrogens with zero attached hydrogens (tertiary/aromatic N) is 4. The number of aromatic nitrogens is 4. The summed E-state index contributed by atoms with van der Waals surface area (Å²) >= 11 is 0. The van der Waals surface area contributed by atoms with E-state index in [0.717, 1.165) is 5.56 Å². The van der Waals surface area contributed by atoms with E-state index in [1.807, 2.05) is 36.4 Å². The van der Waals surface area contributed by atoms with Gasteiger partial charge in [-0.15, -0.1) is 5.10 Å². The summed E-state index contributed by atoms with van der Waals surface area (Å²) < 4.78 is 1.50. The second-order valence-corrected chi connectivity index (χ2v) is 5.61. The minimum atomic E-state index is -0.179. The number of aliphatic hydroxyl groups is 1. The van der Waals surface area contributed by atoms with Gasteiger partial charge in [0.05, 0.1) is 11.7 Å². The van der Waals surface area contributed by atoms with E-state index in [-0.39, 0.29) is 18.6 Å². The molecule has 0 bridgehead atoms. The molecule has 2 aromatic carbocycles. The first-order valence-corrected chi connectivity index (χ1v) is 8.08. The molecule has 0 aliphatic heterocycles. The van der Waals surface area contributed by atoms with Gasteiger partial charge in [0.1, 0.15) is 6.33 Å². The van der Waals surface area contributed by atoms with E-state index in [1.165, 1.54) is 11.0 Å². The summed E-state index contributed by atoms with van der Waals surface area (Å²) in [6.45, 7) is 0.0913. The van der Waals surface area contributed by atoms with Gasteiger partial charge >= 0.3 is 0 Å². The second-order valence-electron chi connectivity index (χ2n) is 5.61. The zero-order chi connectivity index (χ0) is 17.5. The van der Waals surface area contributed by atoms with Crippen LogP contribution in [-0.2, 0) is 0 Å². The molecule has 0 fully saturated rings. The number of hydrogen-bond donors (Lipinski definition) is 2. The average molecular weight is 337 g/mol. The van der Waals surface area contributed by atoms with E-state index in [9.17, 15) is 4.79 Å². The lowest BCUT2D eigenvalue weighted by atomic mass is 10.0. The molecule has 0 spiro atoms. The van der Waals surface area contributed by atoms with Crippen molar-refractivity contribution in [3.63, 3.8) is 0 Å². The van der Waals surface area contributed by atoms with Gasteiger partial charge in [-0.2, -0.15) is 0 Å². The van der Waals surface area contributed by atoms with Crippen molar-refractivity contribution in [2.75, 3.05) is 6.61 Å². The minimum Gasteiger partial charge on any atom is -0.396 e. The van der Waals surface area contributed by atoms with Gasteiger partial charge in [-0.3, -0.25) is 4.79 Å². The van der Waals surface area contributed by atoms with Crippen LogP contribution in [0.1, 0.15) is 34.8 Å². The number of carbonyl (C=O) groups excluding carboxylic acids is 1. The Morgan fingerprint density at radius 2 is 2.00 bits per heavy atom. The van der Waals surface area contributed by atoms with E-state index in [4.69, 9.17) is 5.11 Å². The molecule has 128 valence electrons. The minimum absolute atomic E-state index is 0.0913. The lowest BCUT2D eigenvalue weighted by Crippen LogP contribution is -2.28. The Labute approximate surface area is 145 Å². The van der Waals surface area contributed by atoms with Gasteiger partial charge in [-0.1, -0.05) is 36.4 Å². The standard InChI is InChI=1S/C18H19N5O2/c24-11-5-10-17(14-6-2-1-3-7-14)20-18(25)15-8-4-9-16(12-15)23-13-19-21-22-23/h1-4,6-9,12-13,17,24H,5,10-11H2,(H,20,25). The van der Waals surface area contributed by atoms with Crippen LogP contribution >= 0.6 is 0 Å². The molecule has 0 radical (unpaired) electrons. The smallest absolute Gasteiger partial charge is 0.251 e. The van der Waals surface area contributed by atoms with Gasteiger partial charge in [-0.25, -0.2) is 4.68 Å². The Morgan fingerprint density at radius 1 is 1.16 bits per heavy atom. The summed E-state index contributed by atoms with van der Waals surface area (Å²) in [4.78, 5) is 12.7. The van der Waals surface area contributed by atoms with Crippen molar-refractivity contribution in [1.82, 2.24) is 25.5 Å². The fourth-order valence-corrected chi connectivity index (χ4v) is 2.61. The molecule has 25 heavy (non-hydrogen) atoms. The van der Waals surface area contributed by atoms with E-state index >= 15 is 0 Å². The summed E-state index contributed by atoms with van der Waals surface area (Å²) in [5.74, 6) is -0.179. The Bertz CT molecular complexity index is 805. The van der Waals surface area contributed by atoms with Crippen molar-refractivity contribution in [2.45, 2.75) is 18.9 Å². The largest absolute Gasteiger partial charge is 0.396 e. The highest BCUT2D eigenvalue weighted by Crippen LogP contribution is 2.19. The van der Waals surface area contributed by atoms with Gasteiger partial charge < -0.3 is 10.4 Å². The molecule has 7 heteroatoms. The first kappa shape index (κ1) is 16.8. The maximum Gasteiger partial charge on any atom is 0.251 e. The van der Waals surface area contributed by atoms with Crippen LogP contribution in [0.15, 0.2) is 60.9 Å². The quantitative estimate of drug-likeness (QED) is 0.687. The Balaban J connectivity index is 1.78. The normalized spacial score (nSPS) is 11.9. The molecule has 0 aliphatic carbocycles. The number of amides is 1. The predicted molar refractivity (Wildman–Crippen MR) is 92.1 cm³/mol. The topological polar surface area (TPSA) is 92.9 Å². The Morgan fingerprint density at radius 3 is 2.72 bits per heavy atom. The molecule has 1 heterocycles. The lowest BCUT2D eigenvalue weighted by molar-refractivity contribution is 0.0932. The molecule has 1 unspecified atom stereocenters. The van der Waals surface area contributed by atoms with Crippen LogP contribution in [0.5, 0.6) is 0 Å². The number of tetrazole rings is 1. The third kappa shape index (κ3) is 4.27. The molecule has 1 aromatic heterocycles. The number of rotatable bonds is 7. The zero-order valence-corrected chi connectivity index (χ0v) is 13.6. The molecule has 7 nitrogen and oxygen atoms in total. The van der Waals surface area contributed by atoms with Crippen LogP contribution in [0.3, 0.4) is 0 Å². The Kier molecular flexibility index (Phi) is 5.48. The van der Waals surface area contributed by atoms with Crippen LogP contribution < -0.4 is 5.32 Å². The number of hydrogen-bond acceptors (Lipinski definition) is 5. The van der Waals surface area contributed by atoms with E-state index in [0.29, 0.717) is 24.1 Å². The number of benzene rings is 2. The molecular formula is C18H19N5O2. The molecule has 0 saturated heterocycles. The zero-order valence-electron chi connectivity index (χ0n) is 13.6. The number of nitrogens with one attached hydrogen (secondary N) is 1. The van der Waals surface area contributed by atoms with Crippen molar-refractivity contribution in [2.24, 2.45) is 0 Å². The van der Waals surface area contributed by atoms with Crippen LogP contribution in [0.2, 0.25) is 0 Å². The third-order valence-corrected chi connectivity index (χ3v) is 3.88. The lowest BCUT2D eigenvalue weighted by Gasteiger charge is -2.19. The molecule has 0 saturated carbocycles. The van der Waals surface area contributed by atoms with E-state index < -0.39 is 0 Å². The monoisotopic (exact) mass is 337 g/mol. The number of carbonyl (C=O) groups is 1. The molecule has 1 atom stereocenters. The highest BCUT2D eigenvalue weighted by molar-refractivity contribution is 5.95. The van der Waals surface area contributed by atoms with Gasteiger partial charge in [0, 0.05) is 12.2 Å². The van der Waals surface area contributed by atoms with Crippen molar-refractivity contribution in [3.05, 3.63) is 72.1 Å². The first-order chi connectivity index (χ1) is 12.3. The SMILES string of the molecule is O=C(NC(CCCO)c1ccccc1)c1cccc(-n2cnnn2)c1. The Hall–Kier alpha value is -3.06. The third-order valence-electron chi connectivity index (χ3n) is 3.88. The maximum absolute atomic E-state index is 12.7. The average Bonchev–Trinajstić information content (AvgIpc) is 3.20. The van der Waals surface area contributed by atoms with Crippen molar-refractivity contribution < 1.29 is 9.90 Å². The second kappa shape index (κ2) is 8.16. The van der Waals surface area contributed by atoms with E-state index in [2.05, 4.69) is 20.8 Å². The summed E-state index contributed by atoms with van der Waals surface area (Å²) in [5, 5.41) is 23.2. The highest BCUT2D eigenvalue weighted by atomic mass is 16.3. The van der Waals surface area contributed by atoms with Crippen molar-refractivity contribution >= 4 is 5.91 Å². The molecule has 2 N–H and O–H groups in total. The van der Waals surface area contributed by atoms with Crippen LogP contribution in [0.25, 0.3) is 5.69 Å². The predicted octanol–water partition coefficient (Wildman–Crippen LogP) is 1.91. The molecule has 0 aliphatic rings.